The fraction of sp³-hybridized carbons (Fsp3) is 0. The molecular weight excluding hydrogens is 381 g/mol. The van der Waals surface area contributed by atoms with Crippen LogP contribution in [-0.2, 0) is 0 Å². The van der Waals surface area contributed by atoms with Gasteiger partial charge in [0, 0.05) is 6.07 Å². The molecule has 138 valence electrons. The van der Waals surface area contributed by atoms with Gasteiger partial charge >= 0.3 is 11.9 Å². The van der Waals surface area contributed by atoms with Gasteiger partial charge < -0.3 is 14.9 Å². The Kier molecular flexibility index (Phi) is 4.78. The van der Waals surface area contributed by atoms with Crippen molar-refractivity contribution in [3.63, 3.8) is 0 Å². The van der Waals surface area contributed by atoms with Gasteiger partial charge in [-0.2, -0.15) is 8.78 Å². The summed E-state index contributed by atoms with van der Waals surface area (Å²) in [5.41, 5.74) is -3.85. The molecule has 0 fully saturated rings. The Morgan fingerprint density at radius 3 is 1.62 bits per heavy atom. The summed E-state index contributed by atoms with van der Waals surface area (Å²) in [6.07, 6.45) is 0. The Labute approximate surface area is 137 Å². The maximum Gasteiger partial charge on any atom is 0.339 e. The zero-order valence-corrected chi connectivity index (χ0v) is 11.8. The number of halogens is 7. The highest BCUT2D eigenvalue weighted by molar-refractivity contribution is 6.02. The van der Waals surface area contributed by atoms with Crippen LogP contribution in [0.25, 0.3) is 0 Å². The largest absolute Gasteiger partial charge is 0.478 e. The minimum Gasteiger partial charge on any atom is -0.478 e. The maximum atomic E-state index is 14.1. The maximum absolute atomic E-state index is 14.1. The van der Waals surface area contributed by atoms with Gasteiger partial charge in [0.05, 0.1) is 0 Å². The Morgan fingerprint density at radius 1 is 0.654 bits per heavy atom. The lowest BCUT2D eigenvalue weighted by molar-refractivity contribution is 0.0640. The van der Waals surface area contributed by atoms with Crippen molar-refractivity contribution in [2.75, 3.05) is 0 Å². The van der Waals surface area contributed by atoms with E-state index in [1.807, 2.05) is 0 Å². The van der Waals surface area contributed by atoms with Gasteiger partial charge in [0.1, 0.15) is 11.1 Å². The SMILES string of the molecule is O=C(O)c1c(F)c(F)c(Oc2c(F)cc(F)c(F)c2F)c(F)c1C(=O)O. The molecular formula is C14H3F7O5. The smallest absolute Gasteiger partial charge is 0.339 e. The lowest BCUT2D eigenvalue weighted by atomic mass is 10.0. The summed E-state index contributed by atoms with van der Waals surface area (Å²) < 4.78 is 98.7. The summed E-state index contributed by atoms with van der Waals surface area (Å²) in [7, 11) is 0. The van der Waals surface area contributed by atoms with Crippen LogP contribution in [-0.4, -0.2) is 22.2 Å². The highest BCUT2D eigenvalue weighted by atomic mass is 19.2. The molecule has 5 nitrogen and oxygen atoms in total. The standard InChI is InChI=1S/C14H3F7O5/c15-2-1-3(16)11(9(20)6(2)17)26-12-8(19)5(14(24)25)4(13(22)23)7(18)10(12)21/h1H,(H,22,23)(H,24,25). The van der Waals surface area contributed by atoms with Crippen LogP contribution in [0.2, 0.25) is 0 Å². The molecule has 2 N–H and O–H groups in total. The first kappa shape index (κ1) is 19.0. The molecule has 0 aliphatic rings. The predicted octanol–water partition coefficient (Wildman–Crippen LogP) is 3.85. The van der Waals surface area contributed by atoms with E-state index in [0.717, 1.165) is 0 Å². The molecule has 26 heavy (non-hydrogen) atoms. The molecule has 0 aliphatic carbocycles. The Hall–Kier alpha value is -3.31. The average Bonchev–Trinajstić information content (AvgIpc) is 2.54. The number of aromatic carboxylic acids is 2. The van der Waals surface area contributed by atoms with Crippen molar-refractivity contribution in [2.45, 2.75) is 0 Å². The summed E-state index contributed by atoms with van der Waals surface area (Å²) >= 11 is 0. The van der Waals surface area contributed by atoms with Crippen LogP contribution in [0.15, 0.2) is 6.07 Å². The fourth-order valence-corrected chi connectivity index (χ4v) is 1.88. The van der Waals surface area contributed by atoms with Crippen LogP contribution in [0, 0.1) is 40.7 Å². The van der Waals surface area contributed by atoms with E-state index in [0.29, 0.717) is 0 Å². The zero-order chi connectivity index (χ0) is 19.9. The summed E-state index contributed by atoms with van der Waals surface area (Å²) in [5.74, 6) is -24.7. The second-order valence-corrected chi connectivity index (χ2v) is 4.53. The molecule has 0 radical (unpaired) electrons. The van der Waals surface area contributed by atoms with Crippen LogP contribution in [0.1, 0.15) is 20.7 Å². The number of hydrogen-bond donors (Lipinski definition) is 2. The van der Waals surface area contributed by atoms with Crippen molar-refractivity contribution < 1.29 is 55.3 Å². The van der Waals surface area contributed by atoms with E-state index in [-0.39, 0.29) is 6.07 Å². The highest BCUT2D eigenvalue weighted by Gasteiger charge is 2.34. The van der Waals surface area contributed by atoms with Crippen molar-refractivity contribution in [3.8, 4) is 11.5 Å². The molecule has 2 aromatic carbocycles. The second-order valence-electron chi connectivity index (χ2n) is 4.53. The molecule has 0 saturated carbocycles. The van der Waals surface area contributed by atoms with Gasteiger partial charge in [-0.1, -0.05) is 0 Å². The average molecular weight is 384 g/mol. The van der Waals surface area contributed by atoms with Gasteiger partial charge in [0.15, 0.2) is 29.1 Å². The molecule has 0 saturated heterocycles. The lowest BCUT2D eigenvalue weighted by Crippen LogP contribution is -2.16. The van der Waals surface area contributed by atoms with Crippen LogP contribution < -0.4 is 4.74 Å². The number of carboxylic acids is 2. The van der Waals surface area contributed by atoms with Crippen molar-refractivity contribution in [1.29, 1.82) is 0 Å². The molecule has 0 amide bonds. The van der Waals surface area contributed by atoms with Crippen LogP contribution >= 0.6 is 0 Å². The Morgan fingerprint density at radius 2 is 1.12 bits per heavy atom. The summed E-state index contributed by atoms with van der Waals surface area (Å²) in [6, 6.07) is -0.260. The van der Waals surface area contributed by atoms with E-state index in [1.165, 1.54) is 0 Å². The van der Waals surface area contributed by atoms with Crippen molar-refractivity contribution in [1.82, 2.24) is 0 Å². The predicted molar refractivity (Wildman–Crippen MR) is 66.6 cm³/mol. The van der Waals surface area contributed by atoms with E-state index in [1.54, 1.807) is 0 Å². The molecule has 0 aromatic heterocycles. The zero-order valence-electron chi connectivity index (χ0n) is 11.8. The van der Waals surface area contributed by atoms with E-state index in [2.05, 4.69) is 4.74 Å². The Balaban J connectivity index is 2.80. The lowest BCUT2D eigenvalue weighted by Gasteiger charge is -2.14. The van der Waals surface area contributed by atoms with Gasteiger partial charge in [0.25, 0.3) is 0 Å². The monoisotopic (exact) mass is 384 g/mol. The molecule has 0 atom stereocenters. The van der Waals surface area contributed by atoms with E-state index in [9.17, 15) is 40.3 Å². The second kappa shape index (κ2) is 6.54. The van der Waals surface area contributed by atoms with Gasteiger partial charge in [-0.3, -0.25) is 0 Å². The highest BCUT2D eigenvalue weighted by Crippen LogP contribution is 2.37. The van der Waals surface area contributed by atoms with Crippen LogP contribution in [0.3, 0.4) is 0 Å². The quantitative estimate of drug-likeness (QED) is 0.475. The summed E-state index contributed by atoms with van der Waals surface area (Å²) in [5, 5.41) is 17.5. The van der Waals surface area contributed by atoms with E-state index >= 15 is 0 Å². The molecule has 0 heterocycles. The molecule has 2 aromatic rings. The number of ether oxygens (including phenoxy) is 1. The molecule has 2 rings (SSSR count). The molecule has 0 unspecified atom stereocenters. The van der Waals surface area contributed by atoms with Crippen LogP contribution in [0.5, 0.6) is 11.5 Å². The summed E-state index contributed by atoms with van der Waals surface area (Å²) in [4.78, 5) is 21.8. The molecule has 0 spiro atoms. The minimum absolute atomic E-state index is 0.260. The van der Waals surface area contributed by atoms with E-state index in [4.69, 9.17) is 10.2 Å². The van der Waals surface area contributed by atoms with Gasteiger partial charge in [0.2, 0.25) is 23.1 Å². The van der Waals surface area contributed by atoms with Gasteiger partial charge in [-0.05, 0) is 0 Å². The first-order valence-electron chi connectivity index (χ1n) is 6.16. The first-order chi connectivity index (χ1) is 12.0. The van der Waals surface area contributed by atoms with Crippen LogP contribution in [0.4, 0.5) is 30.7 Å². The Bertz CT molecular complexity index is 958. The number of hydrogen-bond acceptors (Lipinski definition) is 3. The third-order valence-corrected chi connectivity index (χ3v) is 2.98. The van der Waals surface area contributed by atoms with Gasteiger partial charge in [-0.15, -0.1) is 0 Å². The summed E-state index contributed by atoms with van der Waals surface area (Å²) in [6.45, 7) is 0. The third-order valence-electron chi connectivity index (χ3n) is 2.98. The minimum atomic E-state index is -2.46. The molecule has 0 bridgehead atoms. The van der Waals surface area contributed by atoms with Gasteiger partial charge in [-0.25, -0.2) is 31.5 Å². The third kappa shape index (κ3) is 2.89. The molecule has 12 heteroatoms. The number of carbonyl (C=O) groups is 2. The van der Waals surface area contributed by atoms with E-state index < -0.39 is 75.3 Å². The topological polar surface area (TPSA) is 83.8 Å². The molecule has 0 aliphatic heterocycles. The normalized spacial score (nSPS) is 10.7. The first-order valence-corrected chi connectivity index (χ1v) is 6.16. The fourth-order valence-electron chi connectivity index (χ4n) is 1.88. The van der Waals surface area contributed by atoms with Crippen molar-refractivity contribution >= 4 is 11.9 Å². The number of benzene rings is 2. The van der Waals surface area contributed by atoms with Crippen molar-refractivity contribution in [2.24, 2.45) is 0 Å². The number of carboxylic acid groups (broad SMARTS) is 2. The number of rotatable bonds is 4. The van der Waals surface area contributed by atoms with Crippen molar-refractivity contribution in [3.05, 3.63) is 57.9 Å².